The lowest BCUT2D eigenvalue weighted by Crippen LogP contribution is -2.41. The van der Waals surface area contributed by atoms with Crippen LogP contribution in [0.5, 0.6) is 0 Å². The highest BCUT2D eigenvalue weighted by molar-refractivity contribution is 6.08. The first kappa shape index (κ1) is 20.0. The van der Waals surface area contributed by atoms with E-state index in [-0.39, 0.29) is 5.69 Å². The maximum Gasteiger partial charge on any atom is 0.326 e. The zero-order chi connectivity index (χ0) is 21.0. The molecule has 1 heterocycles. The van der Waals surface area contributed by atoms with Crippen molar-refractivity contribution in [2.75, 3.05) is 18.5 Å². The summed E-state index contributed by atoms with van der Waals surface area (Å²) in [5, 5.41) is 4.94. The molecule has 4 amide bonds. The van der Waals surface area contributed by atoms with E-state index in [9.17, 15) is 23.6 Å². The van der Waals surface area contributed by atoms with E-state index in [0.717, 1.165) is 11.0 Å². The van der Waals surface area contributed by atoms with Crippen LogP contribution in [0.25, 0.3) is 0 Å². The van der Waals surface area contributed by atoms with Gasteiger partial charge in [-0.15, -0.1) is 0 Å². The summed E-state index contributed by atoms with van der Waals surface area (Å²) >= 11 is 0. The molecule has 1 aliphatic heterocycles. The second-order valence-corrected chi connectivity index (χ2v) is 6.53. The molecule has 2 aromatic rings. The van der Waals surface area contributed by atoms with Crippen LogP contribution in [0.4, 0.5) is 14.9 Å². The van der Waals surface area contributed by atoms with Crippen LogP contribution in [0.1, 0.15) is 12.5 Å². The fraction of sp³-hybridized carbons (Fsp3) is 0.200. The van der Waals surface area contributed by atoms with Crippen molar-refractivity contribution >= 4 is 29.5 Å². The maximum atomic E-state index is 13.1. The van der Waals surface area contributed by atoms with Crippen LogP contribution in [-0.2, 0) is 24.7 Å². The number of ether oxygens (including phenoxy) is 1. The number of anilines is 1. The van der Waals surface area contributed by atoms with Gasteiger partial charge in [-0.05, 0) is 30.7 Å². The lowest BCUT2D eigenvalue weighted by atomic mass is 9.92. The SMILES string of the molecule is C[C@]1(c2ccccc2)NC(=O)N(CC(=O)OCC(=O)Nc2cccc(F)c2)C1=O. The number of nitrogens with zero attached hydrogens (tertiary/aromatic N) is 1. The quantitative estimate of drug-likeness (QED) is 0.569. The first-order chi connectivity index (χ1) is 13.8. The van der Waals surface area contributed by atoms with Gasteiger partial charge in [0.1, 0.15) is 17.9 Å². The van der Waals surface area contributed by atoms with Gasteiger partial charge in [-0.2, -0.15) is 0 Å². The fourth-order valence-corrected chi connectivity index (χ4v) is 2.89. The Morgan fingerprint density at radius 1 is 1.14 bits per heavy atom. The van der Waals surface area contributed by atoms with Gasteiger partial charge in [-0.1, -0.05) is 36.4 Å². The lowest BCUT2D eigenvalue weighted by molar-refractivity contribution is -0.150. The van der Waals surface area contributed by atoms with E-state index in [1.54, 1.807) is 37.3 Å². The average molecular weight is 399 g/mol. The number of esters is 1. The molecule has 0 aromatic heterocycles. The minimum Gasteiger partial charge on any atom is -0.454 e. The number of rotatable bonds is 6. The molecule has 2 aromatic carbocycles. The Morgan fingerprint density at radius 2 is 1.86 bits per heavy atom. The van der Waals surface area contributed by atoms with Crippen molar-refractivity contribution in [1.29, 1.82) is 0 Å². The van der Waals surface area contributed by atoms with E-state index in [1.165, 1.54) is 18.2 Å². The van der Waals surface area contributed by atoms with Crippen molar-refractivity contribution in [2.45, 2.75) is 12.5 Å². The number of imide groups is 1. The molecule has 0 radical (unpaired) electrons. The first-order valence-corrected chi connectivity index (χ1v) is 8.70. The Bertz CT molecular complexity index is 966. The molecule has 1 saturated heterocycles. The number of nitrogens with one attached hydrogen (secondary N) is 2. The number of carbonyl (C=O) groups excluding carboxylic acids is 4. The molecule has 0 bridgehead atoms. The Morgan fingerprint density at radius 3 is 2.55 bits per heavy atom. The standard InChI is InChI=1S/C20H18FN3O5/c1-20(13-6-3-2-4-7-13)18(27)24(19(28)23-20)11-17(26)29-12-16(25)22-15-9-5-8-14(21)10-15/h2-10H,11-12H2,1H3,(H,22,25)(H,23,28)/t20-/m1/s1. The predicted octanol–water partition coefficient (Wildman–Crippen LogP) is 1.77. The molecule has 1 atom stereocenters. The first-order valence-electron chi connectivity index (χ1n) is 8.70. The zero-order valence-electron chi connectivity index (χ0n) is 15.5. The van der Waals surface area contributed by atoms with Crippen LogP contribution in [-0.4, -0.2) is 41.9 Å². The average Bonchev–Trinajstić information content (AvgIpc) is 2.91. The summed E-state index contributed by atoms with van der Waals surface area (Å²) in [6.07, 6.45) is 0. The lowest BCUT2D eigenvalue weighted by Gasteiger charge is -2.21. The van der Waals surface area contributed by atoms with Gasteiger partial charge in [-0.25, -0.2) is 9.18 Å². The van der Waals surface area contributed by atoms with Crippen LogP contribution in [0.2, 0.25) is 0 Å². The van der Waals surface area contributed by atoms with Crippen LogP contribution in [0.15, 0.2) is 54.6 Å². The third kappa shape index (κ3) is 4.40. The summed E-state index contributed by atoms with van der Waals surface area (Å²) in [5.74, 6) is -2.75. The van der Waals surface area contributed by atoms with Gasteiger partial charge < -0.3 is 15.4 Å². The van der Waals surface area contributed by atoms with Crippen molar-refractivity contribution in [2.24, 2.45) is 0 Å². The van der Waals surface area contributed by atoms with Crippen molar-refractivity contribution in [3.05, 3.63) is 66.0 Å². The topological polar surface area (TPSA) is 105 Å². The minimum atomic E-state index is -1.30. The van der Waals surface area contributed by atoms with E-state index >= 15 is 0 Å². The third-order valence-electron chi connectivity index (χ3n) is 4.39. The minimum absolute atomic E-state index is 0.207. The molecule has 9 heteroatoms. The molecule has 0 unspecified atom stereocenters. The van der Waals surface area contributed by atoms with Crippen molar-refractivity contribution in [1.82, 2.24) is 10.2 Å². The summed E-state index contributed by atoms with van der Waals surface area (Å²) in [4.78, 5) is 49.5. The highest BCUT2D eigenvalue weighted by Gasteiger charge is 2.49. The number of hydrogen-bond donors (Lipinski definition) is 2. The van der Waals surface area contributed by atoms with E-state index < -0.39 is 48.3 Å². The molecule has 29 heavy (non-hydrogen) atoms. The summed E-state index contributed by atoms with van der Waals surface area (Å²) in [6, 6.07) is 13.1. The van der Waals surface area contributed by atoms with Gasteiger partial charge in [0, 0.05) is 5.69 Å². The number of hydrogen-bond acceptors (Lipinski definition) is 5. The number of carbonyl (C=O) groups is 4. The fourth-order valence-electron chi connectivity index (χ4n) is 2.89. The highest BCUT2D eigenvalue weighted by atomic mass is 19.1. The van der Waals surface area contributed by atoms with Gasteiger partial charge in [0.2, 0.25) is 0 Å². The van der Waals surface area contributed by atoms with Crippen molar-refractivity contribution in [3.63, 3.8) is 0 Å². The van der Waals surface area contributed by atoms with Gasteiger partial charge in [0.15, 0.2) is 6.61 Å². The van der Waals surface area contributed by atoms with Crippen LogP contribution < -0.4 is 10.6 Å². The van der Waals surface area contributed by atoms with E-state index in [4.69, 9.17) is 4.74 Å². The summed E-state index contributed by atoms with van der Waals surface area (Å²) in [5.41, 5.74) is -0.518. The Hall–Kier alpha value is -3.75. The normalized spacial score (nSPS) is 18.3. The number of benzene rings is 2. The smallest absolute Gasteiger partial charge is 0.326 e. The summed E-state index contributed by atoms with van der Waals surface area (Å²) < 4.78 is 17.9. The molecule has 0 spiro atoms. The van der Waals surface area contributed by atoms with Gasteiger partial charge in [0.25, 0.3) is 11.8 Å². The second kappa shape index (κ2) is 8.09. The largest absolute Gasteiger partial charge is 0.454 e. The van der Waals surface area contributed by atoms with E-state index in [2.05, 4.69) is 10.6 Å². The summed E-state index contributed by atoms with van der Waals surface area (Å²) in [6.45, 7) is 0.260. The van der Waals surface area contributed by atoms with Crippen LogP contribution in [0.3, 0.4) is 0 Å². The molecule has 8 nitrogen and oxygen atoms in total. The van der Waals surface area contributed by atoms with E-state index in [1.807, 2.05) is 0 Å². The Balaban J connectivity index is 1.56. The second-order valence-electron chi connectivity index (χ2n) is 6.53. The number of halogens is 1. The molecule has 0 saturated carbocycles. The van der Waals surface area contributed by atoms with Crippen molar-refractivity contribution in [3.8, 4) is 0 Å². The third-order valence-corrected chi connectivity index (χ3v) is 4.39. The highest BCUT2D eigenvalue weighted by Crippen LogP contribution is 2.28. The van der Waals surface area contributed by atoms with Crippen LogP contribution in [0, 0.1) is 5.82 Å². The molecule has 1 fully saturated rings. The molecular weight excluding hydrogens is 381 g/mol. The van der Waals surface area contributed by atoms with Crippen LogP contribution >= 0.6 is 0 Å². The molecule has 150 valence electrons. The van der Waals surface area contributed by atoms with Gasteiger partial charge >= 0.3 is 12.0 Å². The molecule has 2 N–H and O–H groups in total. The summed E-state index contributed by atoms with van der Waals surface area (Å²) in [7, 11) is 0. The predicted molar refractivity (Wildman–Crippen MR) is 100 cm³/mol. The van der Waals surface area contributed by atoms with Gasteiger partial charge in [-0.3, -0.25) is 19.3 Å². The van der Waals surface area contributed by atoms with Crippen molar-refractivity contribution < 1.29 is 28.3 Å². The maximum absolute atomic E-state index is 13.1. The zero-order valence-corrected chi connectivity index (χ0v) is 15.5. The number of amides is 4. The molecule has 0 aliphatic carbocycles. The monoisotopic (exact) mass is 399 g/mol. The molecule has 3 rings (SSSR count). The molecule has 1 aliphatic rings. The van der Waals surface area contributed by atoms with Gasteiger partial charge in [0.05, 0.1) is 0 Å². The Kier molecular flexibility index (Phi) is 5.58. The number of urea groups is 1. The van der Waals surface area contributed by atoms with E-state index in [0.29, 0.717) is 5.56 Å². The Labute approximate surface area is 165 Å². The molecular formula is C20H18FN3O5.